The van der Waals surface area contributed by atoms with Crippen LogP contribution in [0.25, 0.3) is 0 Å². The fourth-order valence-corrected chi connectivity index (χ4v) is 2.73. The predicted molar refractivity (Wildman–Crippen MR) is 86.4 cm³/mol. The number of rotatable bonds is 4. The van der Waals surface area contributed by atoms with Crippen molar-refractivity contribution in [3.05, 3.63) is 53.2 Å². The Morgan fingerprint density at radius 2 is 2.00 bits per heavy atom. The van der Waals surface area contributed by atoms with Crippen molar-refractivity contribution in [2.75, 3.05) is 0 Å². The van der Waals surface area contributed by atoms with Gasteiger partial charge < -0.3 is 0 Å². The molecule has 0 N–H and O–H groups in total. The predicted octanol–water partition coefficient (Wildman–Crippen LogP) is 2.94. The Labute approximate surface area is 147 Å². The minimum Gasteiger partial charge on any atom is -0.270 e. The third kappa shape index (κ3) is 4.00. The summed E-state index contributed by atoms with van der Waals surface area (Å²) in [7, 11) is 0. The number of fused-ring (bicyclic) bond motifs is 1. The number of hydrogen-bond donors (Lipinski definition) is 0. The van der Waals surface area contributed by atoms with E-state index >= 15 is 0 Å². The third-order valence-corrected chi connectivity index (χ3v) is 3.94. The molecule has 2 atom stereocenters. The Bertz CT molecular complexity index is 794. The zero-order chi connectivity index (χ0) is 19.5. The van der Waals surface area contributed by atoms with Crippen LogP contribution < -0.4 is 5.69 Å². The molecule has 2 unspecified atom stereocenters. The van der Waals surface area contributed by atoms with Crippen LogP contribution in [0.5, 0.6) is 0 Å². The summed E-state index contributed by atoms with van der Waals surface area (Å²) in [5.74, 6) is 0.526. The van der Waals surface area contributed by atoms with Crippen molar-refractivity contribution in [3.63, 3.8) is 0 Å². The van der Waals surface area contributed by atoms with Crippen molar-refractivity contribution in [1.82, 2.24) is 24.3 Å². The summed E-state index contributed by atoms with van der Waals surface area (Å²) in [4.78, 5) is 19.6. The lowest BCUT2D eigenvalue weighted by Gasteiger charge is -2.12. The number of alkyl halides is 4. The van der Waals surface area contributed by atoms with Crippen LogP contribution in [0.1, 0.15) is 43.0 Å². The normalized spacial score (nSPS) is 17.3. The molecule has 0 aromatic carbocycles. The molecule has 1 aliphatic heterocycles. The van der Waals surface area contributed by atoms with Gasteiger partial charge in [-0.3, -0.25) is 9.55 Å². The topological polar surface area (TPSA) is 65.6 Å². The molecule has 26 heavy (non-hydrogen) atoms. The minimum absolute atomic E-state index is 0.155. The highest BCUT2D eigenvalue weighted by molar-refractivity contribution is 5.14. The summed E-state index contributed by atoms with van der Waals surface area (Å²) in [5, 5.41) is 4.17. The summed E-state index contributed by atoms with van der Waals surface area (Å²) in [6.07, 6.45) is -2.73. The van der Waals surface area contributed by atoms with Crippen molar-refractivity contribution < 1.29 is 17.6 Å². The van der Waals surface area contributed by atoms with Gasteiger partial charge in [-0.25, -0.2) is 18.9 Å². The SMILES string of the molecule is C=C.CC(F)CCn1nc2n(c1=O)C(c1cnc(C(F)(F)F)cn1)CC2. The number of halogens is 4. The van der Waals surface area contributed by atoms with Gasteiger partial charge in [0.15, 0.2) is 5.69 Å². The minimum atomic E-state index is -4.56. The number of hydrogen-bond acceptors (Lipinski definition) is 4. The van der Waals surface area contributed by atoms with Crippen molar-refractivity contribution >= 4 is 0 Å². The van der Waals surface area contributed by atoms with Crippen LogP contribution in [-0.4, -0.2) is 30.5 Å². The van der Waals surface area contributed by atoms with Crippen LogP contribution in [0.15, 0.2) is 30.3 Å². The number of aryl methyl sites for hydroxylation is 2. The first kappa shape index (κ1) is 19.8. The molecule has 0 amide bonds. The van der Waals surface area contributed by atoms with Crippen LogP contribution in [0.4, 0.5) is 17.6 Å². The molecule has 0 spiro atoms. The second-order valence-corrected chi connectivity index (χ2v) is 5.74. The first-order valence-electron chi connectivity index (χ1n) is 7.99. The zero-order valence-electron chi connectivity index (χ0n) is 14.2. The Morgan fingerprint density at radius 1 is 1.31 bits per heavy atom. The van der Waals surface area contributed by atoms with E-state index in [2.05, 4.69) is 28.2 Å². The van der Waals surface area contributed by atoms with Gasteiger partial charge in [0, 0.05) is 13.0 Å². The van der Waals surface area contributed by atoms with Crippen molar-refractivity contribution in [1.29, 1.82) is 0 Å². The maximum absolute atomic E-state index is 12.9. The van der Waals surface area contributed by atoms with E-state index in [0.29, 0.717) is 24.9 Å². The molecule has 0 saturated heterocycles. The van der Waals surface area contributed by atoms with Crippen LogP contribution >= 0.6 is 0 Å². The highest BCUT2D eigenvalue weighted by Crippen LogP contribution is 2.30. The highest BCUT2D eigenvalue weighted by atomic mass is 19.4. The molecule has 1 aliphatic rings. The van der Waals surface area contributed by atoms with E-state index in [0.717, 1.165) is 6.20 Å². The smallest absolute Gasteiger partial charge is 0.270 e. The van der Waals surface area contributed by atoms with Gasteiger partial charge in [0.25, 0.3) is 0 Å². The van der Waals surface area contributed by atoms with E-state index < -0.39 is 29.8 Å². The van der Waals surface area contributed by atoms with E-state index in [1.165, 1.54) is 16.2 Å². The zero-order valence-corrected chi connectivity index (χ0v) is 14.2. The maximum Gasteiger partial charge on any atom is 0.434 e. The molecular formula is C16H19F4N5O. The summed E-state index contributed by atoms with van der Waals surface area (Å²) < 4.78 is 53.2. The number of nitrogens with zero attached hydrogens (tertiary/aromatic N) is 5. The van der Waals surface area contributed by atoms with Gasteiger partial charge in [-0.2, -0.15) is 18.3 Å². The fourth-order valence-electron chi connectivity index (χ4n) is 2.73. The van der Waals surface area contributed by atoms with E-state index in [9.17, 15) is 22.4 Å². The van der Waals surface area contributed by atoms with Crippen molar-refractivity contribution in [2.45, 2.75) is 51.1 Å². The van der Waals surface area contributed by atoms with Gasteiger partial charge in [0.05, 0.1) is 30.3 Å². The van der Waals surface area contributed by atoms with Gasteiger partial charge in [-0.05, 0) is 19.8 Å². The Hall–Kier alpha value is -2.52. The molecule has 0 fully saturated rings. The maximum atomic E-state index is 12.9. The lowest BCUT2D eigenvalue weighted by atomic mass is 10.1. The van der Waals surface area contributed by atoms with Crippen LogP contribution in [0, 0.1) is 0 Å². The Kier molecular flexibility index (Phi) is 5.94. The Morgan fingerprint density at radius 3 is 2.54 bits per heavy atom. The monoisotopic (exact) mass is 373 g/mol. The largest absolute Gasteiger partial charge is 0.434 e. The van der Waals surface area contributed by atoms with Crippen molar-refractivity contribution in [3.8, 4) is 0 Å². The van der Waals surface area contributed by atoms with Gasteiger partial charge in [0.1, 0.15) is 5.82 Å². The second kappa shape index (κ2) is 7.79. The van der Waals surface area contributed by atoms with E-state index in [-0.39, 0.29) is 18.7 Å². The summed E-state index contributed by atoms with van der Waals surface area (Å²) >= 11 is 0. The quantitative estimate of drug-likeness (QED) is 0.611. The van der Waals surface area contributed by atoms with Gasteiger partial charge in [0.2, 0.25) is 0 Å². The summed E-state index contributed by atoms with van der Waals surface area (Å²) in [6.45, 7) is 7.55. The van der Waals surface area contributed by atoms with Gasteiger partial charge >= 0.3 is 11.9 Å². The highest BCUT2D eigenvalue weighted by Gasteiger charge is 2.34. The first-order valence-corrected chi connectivity index (χ1v) is 7.99. The molecule has 0 aliphatic carbocycles. The molecular weight excluding hydrogens is 354 g/mol. The Balaban J connectivity index is 0.00000117. The molecule has 0 bridgehead atoms. The van der Waals surface area contributed by atoms with E-state index in [1.807, 2.05) is 0 Å². The molecule has 0 saturated carbocycles. The fraction of sp³-hybridized carbons (Fsp3) is 0.500. The van der Waals surface area contributed by atoms with E-state index in [1.54, 1.807) is 0 Å². The van der Waals surface area contributed by atoms with Crippen LogP contribution in [0.3, 0.4) is 0 Å². The third-order valence-electron chi connectivity index (χ3n) is 3.94. The van der Waals surface area contributed by atoms with Crippen molar-refractivity contribution in [2.24, 2.45) is 0 Å². The van der Waals surface area contributed by atoms with E-state index in [4.69, 9.17) is 0 Å². The molecule has 6 nitrogen and oxygen atoms in total. The van der Waals surface area contributed by atoms with Gasteiger partial charge in [-0.15, -0.1) is 13.2 Å². The average molecular weight is 373 g/mol. The first-order chi connectivity index (χ1) is 12.3. The second-order valence-electron chi connectivity index (χ2n) is 5.74. The molecule has 3 heterocycles. The summed E-state index contributed by atoms with van der Waals surface area (Å²) in [5.41, 5.74) is -1.21. The molecule has 142 valence electrons. The lowest BCUT2D eigenvalue weighted by Crippen LogP contribution is -2.28. The standard InChI is InChI=1S/C14H15F4N5O.C2H4/c1-8(15)4-5-22-13(24)23-10(2-3-12(23)21-22)9-6-20-11(7-19-9)14(16,17)18;1-2/h6-8,10H,2-5H2,1H3;1-2H2. The molecule has 3 rings (SSSR count). The molecule has 10 heteroatoms. The molecule has 0 radical (unpaired) electrons. The average Bonchev–Trinajstić information content (AvgIpc) is 3.15. The molecule has 2 aromatic heterocycles. The number of aromatic nitrogens is 5. The van der Waals surface area contributed by atoms with Crippen LogP contribution in [-0.2, 0) is 19.1 Å². The summed E-state index contributed by atoms with van der Waals surface area (Å²) in [6, 6.07) is -0.501. The van der Waals surface area contributed by atoms with Gasteiger partial charge in [-0.1, -0.05) is 0 Å². The molecule has 2 aromatic rings. The lowest BCUT2D eigenvalue weighted by molar-refractivity contribution is -0.141. The van der Waals surface area contributed by atoms with Crippen LogP contribution in [0.2, 0.25) is 0 Å².